The predicted octanol–water partition coefficient (Wildman–Crippen LogP) is 2.29. The summed E-state index contributed by atoms with van der Waals surface area (Å²) in [6, 6.07) is 7.85. The molecule has 6 nitrogen and oxygen atoms in total. The highest BCUT2D eigenvalue weighted by Gasteiger charge is 2.12. The van der Waals surface area contributed by atoms with Gasteiger partial charge in [-0.05, 0) is 51.8 Å². The van der Waals surface area contributed by atoms with E-state index < -0.39 is 6.10 Å². The monoisotopic (exact) mass is 333 g/mol. The van der Waals surface area contributed by atoms with Crippen LogP contribution in [0.1, 0.15) is 38.0 Å². The minimum absolute atomic E-state index is 0.0143. The number of aromatic nitrogens is 2. The standard InChI is InChI=1S/C18H27N3O3/c1-13-20-17(24-21-13)10-7-14-5-8-16(9-6-14)23-12-15(22)11-19-18(2,3)4/h5-6,8-9,15,19,22H,7,10-12H2,1-4H3. The summed E-state index contributed by atoms with van der Waals surface area (Å²) in [6.07, 6.45) is 1.02. The van der Waals surface area contributed by atoms with Crippen LogP contribution < -0.4 is 10.1 Å². The van der Waals surface area contributed by atoms with Crippen LogP contribution in [0.3, 0.4) is 0 Å². The van der Waals surface area contributed by atoms with Crippen molar-refractivity contribution < 1.29 is 14.4 Å². The molecule has 2 aromatic rings. The van der Waals surface area contributed by atoms with Crippen molar-refractivity contribution in [3.8, 4) is 5.75 Å². The number of benzene rings is 1. The van der Waals surface area contributed by atoms with Gasteiger partial charge in [-0.2, -0.15) is 4.98 Å². The molecular formula is C18H27N3O3. The lowest BCUT2D eigenvalue weighted by molar-refractivity contribution is 0.100. The maximum Gasteiger partial charge on any atom is 0.226 e. The second-order valence-electron chi connectivity index (χ2n) is 6.98. The van der Waals surface area contributed by atoms with E-state index in [-0.39, 0.29) is 12.1 Å². The van der Waals surface area contributed by atoms with E-state index in [1.807, 2.05) is 31.2 Å². The number of hydrogen-bond donors (Lipinski definition) is 2. The molecule has 0 aliphatic heterocycles. The van der Waals surface area contributed by atoms with Crippen molar-refractivity contribution in [3.63, 3.8) is 0 Å². The highest BCUT2D eigenvalue weighted by atomic mass is 16.5. The van der Waals surface area contributed by atoms with Gasteiger partial charge in [0.1, 0.15) is 18.5 Å². The molecule has 0 fully saturated rings. The molecule has 0 aliphatic carbocycles. The first kappa shape index (κ1) is 18.4. The van der Waals surface area contributed by atoms with Crippen LogP contribution in [0.25, 0.3) is 0 Å². The van der Waals surface area contributed by atoms with Gasteiger partial charge in [-0.3, -0.25) is 0 Å². The Morgan fingerprint density at radius 1 is 1.21 bits per heavy atom. The first-order valence-electron chi connectivity index (χ1n) is 8.26. The summed E-state index contributed by atoms with van der Waals surface area (Å²) in [5.41, 5.74) is 1.16. The molecule has 6 heteroatoms. The van der Waals surface area contributed by atoms with E-state index in [2.05, 4.69) is 36.2 Å². The summed E-state index contributed by atoms with van der Waals surface area (Å²) >= 11 is 0. The number of nitrogens with one attached hydrogen (secondary N) is 1. The molecule has 0 spiro atoms. The van der Waals surface area contributed by atoms with E-state index in [9.17, 15) is 5.11 Å². The molecule has 1 heterocycles. The molecule has 1 aromatic carbocycles. The summed E-state index contributed by atoms with van der Waals surface area (Å²) in [7, 11) is 0. The van der Waals surface area contributed by atoms with Crippen molar-refractivity contribution in [2.24, 2.45) is 0 Å². The fraction of sp³-hybridized carbons (Fsp3) is 0.556. The third kappa shape index (κ3) is 6.68. The lowest BCUT2D eigenvalue weighted by Gasteiger charge is -2.23. The van der Waals surface area contributed by atoms with Crippen molar-refractivity contribution >= 4 is 0 Å². The Morgan fingerprint density at radius 2 is 1.92 bits per heavy atom. The zero-order valence-corrected chi connectivity index (χ0v) is 14.9. The van der Waals surface area contributed by atoms with Gasteiger partial charge in [0, 0.05) is 18.5 Å². The van der Waals surface area contributed by atoms with Gasteiger partial charge in [-0.1, -0.05) is 17.3 Å². The Labute approximate surface area is 143 Å². The van der Waals surface area contributed by atoms with Gasteiger partial charge in [0.05, 0.1) is 0 Å². The molecule has 132 valence electrons. The van der Waals surface area contributed by atoms with Gasteiger partial charge < -0.3 is 19.7 Å². The Hall–Kier alpha value is -1.92. The van der Waals surface area contributed by atoms with Gasteiger partial charge in [0.25, 0.3) is 0 Å². The van der Waals surface area contributed by atoms with Crippen molar-refractivity contribution in [3.05, 3.63) is 41.5 Å². The van der Waals surface area contributed by atoms with Crippen molar-refractivity contribution in [1.82, 2.24) is 15.5 Å². The Bertz CT molecular complexity index is 617. The van der Waals surface area contributed by atoms with Crippen LogP contribution in [0.2, 0.25) is 0 Å². The van der Waals surface area contributed by atoms with E-state index in [0.29, 0.717) is 18.3 Å². The largest absolute Gasteiger partial charge is 0.491 e. The molecule has 0 bridgehead atoms. The molecule has 0 radical (unpaired) electrons. The predicted molar refractivity (Wildman–Crippen MR) is 92.1 cm³/mol. The van der Waals surface area contributed by atoms with Crippen LogP contribution in [0, 0.1) is 6.92 Å². The molecule has 1 unspecified atom stereocenters. The second-order valence-corrected chi connectivity index (χ2v) is 6.98. The number of aliphatic hydroxyl groups excluding tert-OH is 1. The average molecular weight is 333 g/mol. The zero-order chi connectivity index (χ0) is 17.6. The lowest BCUT2D eigenvalue weighted by atomic mass is 10.1. The SMILES string of the molecule is Cc1noc(CCc2ccc(OCC(O)CNC(C)(C)C)cc2)n1. The Balaban J connectivity index is 1.73. The van der Waals surface area contributed by atoms with Crippen LogP contribution in [-0.4, -0.2) is 40.0 Å². The normalized spacial score (nSPS) is 13.0. The molecule has 2 N–H and O–H groups in total. The maximum absolute atomic E-state index is 9.93. The van der Waals surface area contributed by atoms with E-state index in [1.54, 1.807) is 0 Å². The van der Waals surface area contributed by atoms with Gasteiger partial charge in [0.15, 0.2) is 5.82 Å². The Morgan fingerprint density at radius 3 is 2.50 bits per heavy atom. The smallest absolute Gasteiger partial charge is 0.226 e. The second kappa shape index (κ2) is 8.26. The highest BCUT2D eigenvalue weighted by molar-refractivity contribution is 5.27. The summed E-state index contributed by atoms with van der Waals surface area (Å²) < 4.78 is 10.7. The average Bonchev–Trinajstić information content (AvgIpc) is 2.95. The fourth-order valence-electron chi connectivity index (χ4n) is 2.12. The molecule has 24 heavy (non-hydrogen) atoms. The molecular weight excluding hydrogens is 306 g/mol. The summed E-state index contributed by atoms with van der Waals surface area (Å²) in [5.74, 6) is 2.07. The summed E-state index contributed by atoms with van der Waals surface area (Å²) in [5, 5.41) is 17.0. The number of hydrogen-bond acceptors (Lipinski definition) is 6. The summed E-state index contributed by atoms with van der Waals surface area (Å²) in [4.78, 5) is 4.19. The molecule has 1 atom stereocenters. The number of rotatable bonds is 8. The molecule has 0 amide bonds. The number of aliphatic hydroxyl groups is 1. The van der Waals surface area contributed by atoms with Crippen molar-refractivity contribution in [2.75, 3.05) is 13.2 Å². The molecule has 1 aromatic heterocycles. The Kier molecular flexibility index (Phi) is 6.34. The maximum atomic E-state index is 9.93. The molecule has 0 aliphatic rings. The number of nitrogens with zero attached hydrogens (tertiary/aromatic N) is 2. The van der Waals surface area contributed by atoms with E-state index in [4.69, 9.17) is 9.26 Å². The van der Waals surface area contributed by atoms with E-state index in [1.165, 1.54) is 5.56 Å². The van der Waals surface area contributed by atoms with Crippen molar-refractivity contribution in [1.29, 1.82) is 0 Å². The molecule has 2 rings (SSSR count). The topological polar surface area (TPSA) is 80.4 Å². The third-order valence-electron chi connectivity index (χ3n) is 3.43. The van der Waals surface area contributed by atoms with Gasteiger partial charge >= 0.3 is 0 Å². The number of β-amino-alcohol motifs (C(OH)–C–C–N with tert-alkyl or cyclic N) is 1. The zero-order valence-electron chi connectivity index (χ0n) is 14.9. The van der Waals surface area contributed by atoms with Crippen LogP contribution >= 0.6 is 0 Å². The van der Waals surface area contributed by atoms with Crippen LogP contribution in [0.4, 0.5) is 0 Å². The van der Waals surface area contributed by atoms with Gasteiger partial charge in [-0.15, -0.1) is 0 Å². The van der Waals surface area contributed by atoms with Crippen LogP contribution in [-0.2, 0) is 12.8 Å². The molecule has 0 saturated heterocycles. The first-order chi connectivity index (χ1) is 11.3. The minimum Gasteiger partial charge on any atom is -0.491 e. The van der Waals surface area contributed by atoms with Gasteiger partial charge in [0.2, 0.25) is 5.89 Å². The van der Waals surface area contributed by atoms with Crippen molar-refractivity contribution in [2.45, 2.75) is 52.2 Å². The third-order valence-corrected chi connectivity index (χ3v) is 3.43. The highest BCUT2D eigenvalue weighted by Crippen LogP contribution is 2.14. The lowest BCUT2D eigenvalue weighted by Crippen LogP contribution is -2.42. The van der Waals surface area contributed by atoms with Gasteiger partial charge in [-0.25, -0.2) is 0 Å². The number of ether oxygens (including phenoxy) is 1. The minimum atomic E-state index is -0.537. The number of aryl methyl sites for hydroxylation is 3. The van der Waals surface area contributed by atoms with E-state index >= 15 is 0 Å². The van der Waals surface area contributed by atoms with Crippen LogP contribution in [0.15, 0.2) is 28.8 Å². The summed E-state index contributed by atoms with van der Waals surface area (Å²) in [6.45, 7) is 8.78. The first-order valence-corrected chi connectivity index (χ1v) is 8.26. The quantitative estimate of drug-likeness (QED) is 0.771. The fourth-order valence-corrected chi connectivity index (χ4v) is 2.12. The van der Waals surface area contributed by atoms with E-state index in [0.717, 1.165) is 18.6 Å². The molecule has 0 saturated carbocycles. The van der Waals surface area contributed by atoms with Crippen LogP contribution in [0.5, 0.6) is 5.75 Å².